The summed E-state index contributed by atoms with van der Waals surface area (Å²) in [6.07, 6.45) is 3.25. The van der Waals surface area contributed by atoms with Gasteiger partial charge in [0, 0.05) is 13.0 Å². The third kappa shape index (κ3) is 2.81. The molecule has 3 unspecified atom stereocenters. The number of hydrogen-bond donors (Lipinski definition) is 0. The van der Waals surface area contributed by atoms with Gasteiger partial charge in [0.05, 0.1) is 0 Å². The molecule has 88 valence electrons. The number of rotatable bonds is 3. The maximum atomic E-state index is 12.2. The van der Waals surface area contributed by atoms with E-state index in [0.717, 1.165) is 18.8 Å². The molecule has 0 saturated heterocycles. The van der Waals surface area contributed by atoms with Crippen LogP contribution in [-0.4, -0.2) is 18.5 Å². The van der Waals surface area contributed by atoms with Gasteiger partial charge in [-0.05, 0) is 44.9 Å². The third-order valence-electron chi connectivity index (χ3n) is 4.07. The van der Waals surface area contributed by atoms with Gasteiger partial charge in [0.15, 0.2) is 5.78 Å². The predicted octanol–water partition coefficient (Wildman–Crippen LogP) is 3.05. The topological polar surface area (TPSA) is 26.3 Å². The summed E-state index contributed by atoms with van der Waals surface area (Å²) in [5.41, 5.74) is -0.606. The summed E-state index contributed by atoms with van der Waals surface area (Å²) in [6.45, 7) is 8.28. The van der Waals surface area contributed by atoms with E-state index in [4.69, 9.17) is 4.74 Å². The normalized spacial score (nSPS) is 32.7. The van der Waals surface area contributed by atoms with E-state index in [1.165, 1.54) is 6.42 Å². The molecule has 1 aliphatic carbocycles. The Kier molecular flexibility index (Phi) is 3.93. The first-order valence-electron chi connectivity index (χ1n) is 5.98. The van der Waals surface area contributed by atoms with Gasteiger partial charge in [-0.25, -0.2) is 0 Å². The second-order valence-corrected chi connectivity index (χ2v) is 5.54. The molecule has 0 aromatic carbocycles. The van der Waals surface area contributed by atoms with E-state index in [-0.39, 0.29) is 11.7 Å². The number of methoxy groups -OCH3 is 1. The lowest BCUT2D eigenvalue weighted by molar-refractivity contribution is -0.143. The Labute approximate surface area is 93.4 Å². The third-order valence-corrected chi connectivity index (χ3v) is 4.07. The molecule has 1 saturated carbocycles. The second-order valence-electron chi connectivity index (χ2n) is 5.54. The quantitative estimate of drug-likeness (QED) is 0.718. The first kappa shape index (κ1) is 12.7. The van der Waals surface area contributed by atoms with Crippen molar-refractivity contribution >= 4 is 5.78 Å². The predicted molar refractivity (Wildman–Crippen MR) is 61.8 cm³/mol. The number of carbonyl (C=O) groups excluding carboxylic acids is 1. The zero-order valence-corrected chi connectivity index (χ0v) is 10.7. The maximum Gasteiger partial charge on any atom is 0.167 e. The Morgan fingerprint density at radius 1 is 1.20 bits per heavy atom. The lowest BCUT2D eigenvalue weighted by Crippen LogP contribution is -2.41. The fourth-order valence-corrected chi connectivity index (χ4v) is 2.38. The van der Waals surface area contributed by atoms with Crippen LogP contribution in [0, 0.1) is 17.8 Å². The summed E-state index contributed by atoms with van der Waals surface area (Å²) >= 11 is 0. The van der Waals surface area contributed by atoms with E-state index in [1.807, 2.05) is 13.8 Å². The van der Waals surface area contributed by atoms with Crippen LogP contribution in [0.25, 0.3) is 0 Å². The Morgan fingerprint density at radius 3 is 2.27 bits per heavy atom. The Hall–Kier alpha value is -0.370. The summed E-state index contributed by atoms with van der Waals surface area (Å²) in [5, 5.41) is 0. The van der Waals surface area contributed by atoms with Crippen LogP contribution in [0.1, 0.15) is 47.0 Å². The summed E-state index contributed by atoms with van der Waals surface area (Å²) in [7, 11) is 1.62. The highest BCUT2D eigenvalue weighted by molar-refractivity contribution is 5.88. The van der Waals surface area contributed by atoms with E-state index in [2.05, 4.69) is 13.8 Å². The van der Waals surface area contributed by atoms with Gasteiger partial charge in [0.25, 0.3) is 0 Å². The van der Waals surface area contributed by atoms with Crippen molar-refractivity contribution in [3.8, 4) is 0 Å². The van der Waals surface area contributed by atoms with Crippen molar-refractivity contribution in [2.45, 2.75) is 52.6 Å². The Balaban J connectivity index is 2.62. The van der Waals surface area contributed by atoms with Crippen LogP contribution in [0.2, 0.25) is 0 Å². The summed E-state index contributed by atoms with van der Waals surface area (Å²) in [6, 6.07) is 0. The van der Waals surface area contributed by atoms with Crippen molar-refractivity contribution in [3.05, 3.63) is 0 Å². The molecule has 15 heavy (non-hydrogen) atoms. The minimum atomic E-state index is -0.606. The lowest BCUT2D eigenvalue weighted by atomic mass is 9.72. The molecule has 1 aliphatic rings. The SMILES string of the molecule is COC(C)(C)C(=O)C1CCC(C)C(C)C1. The molecule has 0 aromatic heterocycles. The van der Waals surface area contributed by atoms with Crippen molar-refractivity contribution in [1.29, 1.82) is 0 Å². The molecule has 0 radical (unpaired) electrons. The summed E-state index contributed by atoms with van der Waals surface area (Å²) in [4.78, 5) is 12.2. The van der Waals surface area contributed by atoms with E-state index in [9.17, 15) is 4.79 Å². The highest BCUT2D eigenvalue weighted by Gasteiger charge is 2.37. The zero-order chi connectivity index (χ0) is 11.6. The highest BCUT2D eigenvalue weighted by Crippen LogP contribution is 2.35. The van der Waals surface area contributed by atoms with Gasteiger partial charge in [-0.3, -0.25) is 4.79 Å². The van der Waals surface area contributed by atoms with Crippen LogP contribution in [-0.2, 0) is 9.53 Å². The molecule has 0 heterocycles. The molecule has 1 rings (SSSR count). The molecule has 0 aromatic rings. The number of carbonyl (C=O) groups is 1. The van der Waals surface area contributed by atoms with Gasteiger partial charge in [0.1, 0.15) is 5.60 Å². The fraction of sp³-hybridized carbons (Fsp3) is 0.923. The molecule has 2 nitrogen and oxygen atoms in total. The van der Waals surface area contributed by atoms with Crippen molar-refractivity contribution in [2.24, 2.45) is 17.8 Å². The molecule has 1 fully saturated rings. The first-order chi connectivity index (χ1) is 6.88. The zero-order valence-electron chi connectivity index (χ0n) is 10.7. The summed E-state index contributed by atoms with van der Waals surface area (Å²) in [5.74, 6) is 1.93. The lowest BCUT2D eigenvalue weighted by Gasteiger charge is -2.35. The fourth-order valence-electron chi connectivity index (χ4n) is 2.38. The largest absolute Gasteiger partial charge is 0.371 e. The minimum Gasteiger partial charge on any atom is -0.371 e. The number of ether oxygens (including phenoxy) is 1. The number of ketones is 1. The maximum absolute atomic E-state index is 12.2. The molecule has 0 spiro atoms. The highest BCUT2D eigenvalue weighted by atomic mass is 16.5. The molecule has 3 atom stereocenters. The van der Waals surface area contributed by atoms with Gasteiger partial charge < -0.3 is 4.74 Å². The monoisotopic (exact) mass is 212 g/mol. The van der Waals surface area contributed by atoms with Crippen molar-refractivity contribution in [2.75, 3.05) is 7.11 Å². The average molecular weight is 212 g/mol. The second kappa shape index (κ2) is 4.65. The molecule has 2 heteroatoms. The van der Waals surface area contributed by atoms with E-state index in [0.29, 0.717) is 5.92 Å². The van der Waals surface area contributed by atoms with Gasteiger partial charge in [0.2, 0.25) is 0 Å². The van der Waals surface area contributed by atoms with Crippen LogP contribution in [0.15, 0.2) is 0 Å². The minimum absolute atomic E-state index is 0.214. The first-order valence-corrected chi connectivity index (χ1v) is 5.98. The van der Waals surface area contributed by atoms with Crippen molar-refractivity contribution in [1.82, 2.24) is 0 Å². The standard InChI is InChI=1S/C13H24O2/c1-9-6-7-11(8-10(9)2)12(14)13(3,4)15-5/h9-11H,6-8H2,1-5H3. The Morgan fingerprint density at radius 2 is 1.80 bits per heavy atom. The van der Waals surface area contributed by atoms with Crippen LogP contribution in [0.5, 0.6) is 0 Å². The number of hydrogen-bond acceptors (Lipinski definition) is 2. The number of Topliss-reactive ketones (excluding diaryl/α,β-unsaturated/α-hetero) is 1. The van der Waals surface area contributed by atoms with Crippen molar-refractivity contribution < 1.29 is 9.53 Å². The van der Waals surface area contributed by atoms with E-state index >= 15 is 0 Å². The van der Waals surface area contributed by atoms with Gasteiger partial charge in [-0.2, -0.15) is 0 Å². The van der Waals surface area contributed by atoms with Crippen LogP contribution in [0.3, 0.4) is 0 Å². The van der Waals surface area contributed by atoms with E-state index in [1.54, 1.807) is 7.11 Å². The smallest absolute Gasteiger partial charge is 0.167 e. The molecular weight excluding hydrogens is 188 g/mol. The van der Waals surface area contributed by atoms with Gasteiger partial charge in [-0.15, -0.1) is 0 Å². The van der Waals surface area contributed by atoms with Crippen LogP contribution >= 0.6 is 0 Å². The van der Waals surface area contributed by atoms with Gasteiger partial charge in [-0.1, -0.05) is 13.8 Å². The van der Waals surface area contributed by atoms with Crippen LogP contribution in [0.4, 0.5) is 0 Å². The van der Waals surface area contributed by atoms with E-state index < -0.39 is 5.60 Å². The molecule has 0 bridgehead atoms. The van der Waals surface area contributed by atoms with Gasteiger partial charge >= 0.3 is 0 Å². The van der Waals surface area contributed by atoms with Crippen LogP contribution < -0.4 is 0 Å². The molecule has 0 amide bonds. The molecule has 0 N–H and O–H groups in total. The average Bonchev–Trinajstić information content (AvgIpc) is 2.21. The summed E-state index contributed by atoms with van der Waals surface area (Å²) < 4.78 is 5.27. The Bertz CT molecular complexity index is 233. The van der Waals surface area contributed by atoms with Crippen molar-refractivity contribution in [3.63, 3.8) is 0 Å². The molecule has 0 aliphatic heterocycles. The molecular formula is C13H24O2.